The van der Waals surface area contributed by atoms with Crippen LogP contribution in [0.25, 0.3) is 11.0 Å². The first-order valence-electron chi connectivity index (χ1n) is 6.50. The minimum atomic E-state index is -2.83. The standard InChI is InChI=1S/C13H15ClN2O2S2/c14-10-3-4-11-12(6-10)16-13(15-11)19-7-9-2-1-5-20(17,18)8-9/h3-4,6,9H,1-2,5,7-8H2,(H,15,16). The zero-order valence-corrected chi connectivity index (χ0v) is 13.2. The highest BCUT2D eigenvalue weighted by Gasteiger charge is 2.24. The number of thioether (sulfide) groups is 1. The summed E-state index contributed by atoms with van der Waals surface area (Å²) in [6, 6.07) is 5.54. The number of nitrogens with one attached hydrogen (secondary N) is 1. The monoisotopic (exact) mass is 330 g/mol. The van der Waals surface area contributed by atoms with Gasteiger partial charge in [0.05, 0.1) is 22.5 Å². The second-order valence-electron chi connectivity index (χ2n) is 5.14. The minimum absolute atomic E-state index is 0.232. The lowest BCUT2D eigenvalue weighted by molar-refractivity contribution is 0.520. The number of rotatable bonds is 3. The van der Waals surface area contributed by atoms with Gasteiger partial charge in [0, 0.05) is 10.8 Å². The number of hydrogen-bond acceptors (Lipinski definition) is 4. The van der Waals surface area contributed by atoms with Crippen molar-refractivity contribution >= 4 is 44.2 Å². The fraction of sp³-hybridized carbons (Fsp3) is 0.462. The van der Waals surface area contributed by atoms with Crippen molar-refractivity contribution in [3.8, 4) is 0 Å². The number of imidazole rings is 1. The second kappa shape index (κ2) is 5.58. The summed E-state index contributed by atoms with van der Waals surface area (Å²) in [5.74, 6) is 1.67. The highest BCUT2D eigenvalue weighted by Crippen LogP contribution is 2.27. The van der Waals surface area contributed by atoms with E-state index >= 15 is 0 Å². The molecule has 0 radical (unpaired) electrons. The van der Waals surface area contributed by atoms with Gasteiger partial charge in [0.2, 0.25) is 0 Å². The molecule has 0 aliphatic carbocycles. The van der Waals surface area contributed by atoms with E-state index in [1.54, 1.807) is 11.8 Å². The van der Waals surface area contributed by atoms with Gasteiger partial charge in [-0.05, 0) is 37.0 Å². The first-order chi connectivity index (χ1) is 9.52. The molecule has 2 aromatic rings. The SMILES string of the molecule is O=S1(=O)CCCC(CSc2nc3ccc(Cl)cc3[nH]2)C1. The van der Waals surface area contributed by atoms with Crippen LogP contribution in [0.1, 0.15) is 12.8 Å². The predicted molar refractivity (Wildman–Crippen MR) is 83.2 cm³/mol. The summed E-state index contributed by atoms with van der Waals surface area (Å²) in [6.07, 6.45) is 1.77. The van der Waals surface area contributed by atoms with Crippen LogP contribution in [0.2, 0.25) is 5.02 Å². The van der Waals surface area contributed by atoms with E-state index in [4.69, 9.17) is 11.6 Å². The topological polar surface area (TPSA) is 62.8 Å². The zero-order chi connectivity index (χ0) is 14.2. The number of aromatic nitrogens is 2. The van der Waals surface area contributed by atoms with E-state index in [0.717, 1.165) is 34.8 Å². The highest BCUT2D eigenvalue weighted by molar-refractivity contribution is 7.99. The van der Waals surface area contributed by atoms with Crippen molar-refractivity contribution in [3.63, 3.8) is 0 Å². The molecule has 0 bridgehead atoms. The Morgan fingerprint density at radius 2 is 2.30 bits per heavy atom. The third kappa shape index (κ3) is 3.30. The number of benzene rings is 1. The average Bonchev–Trinajstić information content (AvgIpc) is 2.77. The number of hydrogen-bond donors (Lipinski definition) is 1. The molecule has 0 spiro atoms. The smallest absolute Gasteiger partial charge is 0.166 e. The molecule has 1 aromatic carbocycles. The van der Waals surface area contributed by atoms with Crippen LogP contribution in [-0.4, -0.2) is 35.6 Å². The molecule has 2 heterocycles. The fourth-order valence-corrected chi connectivity index (χ4v) is 5.59. The van der Waals surface area contributed by atoms with Gasteiger partial charge in [-0.25, -0.2) is 13.4 Å². The van der Waals surface area contributed by atoms with Gasteiger partial charge in [-0.1, -0.05) is 23.4 Å². The average molecular weight is 331 g/mol. The molecule has 1 aliphatic heterocycles. The van der Waals surface area contributed by atoms with E-state index in [9.17, 15) is 8.42 Å². The molecule has 0 saturated carbocycles. The molecule has 1 fully saturated rings. The lowest BCUT2D eigenvalue weighted by Gasteiger charge is -2.20. The number of fused-ring (bicyclic) bond motifs is 1. The molecule has 1 unspecified atom stereocenters. The van der Waals surface area contributed by atoms with E-state index < -0.39 is 9.84 Å². The molecule has 108 valence electrons. The molecular formula is C13H15ClN2O2S2. The van der Waals surface area contributed by atoms with E-state index in [1.165, 1.54) is 0 Å². The van der Waals surface area contributed by atoms with Crippen molar-refractivity contribution < 1.29 is 8.42 Å². The summed E-state index contributed by atoms with van der Waals surface area (Å²) in [5, 5.41) is 1.50. The Hall–Kier alpha value is -0.720. The summed E-state index contributed by atoms with van der Waals surface area (Å²) in [6.45, 7) is 0. The molecule has 7 heteroatoms. The van der Waals surface area contributed by atoms with Gasteiger partial charge in [0.15, 0.2) is 15.0 Å². The number of halogens is 1. The highest BCUT2D eigenvalue weighted by atomic mass is 35.5. The summed E-state index contributed by atoms with van der Waals surface area (Å²) in [4.78, 5) is 7.69. The van der Waals surface area contributed by atoms with Crippen LogP contribution in [0.15, 0.2) is 23.4 Å². The van der Waals surface area contributed by atoms with Gasteiger partial charge in [-0.3, -0.25) is 0 Å². The number of nitrogens with zero attached hydrogens (tertiary/aromatic N) is 1. The van der Waals surface area contributed by atoms with Crippen LogP contribution in [0.5, 0.6) is 0 Å². The number of sulfone groups is 1. The Labute approximate surface area is 127 Å². The zero-order valence-electron chi connectivity index (χ0n) is 10.8. The lowest BCUT2D eigenvalue weighted by atomic mass is 10.1. The molecule has 1 aromatic heterocycles. The fourth-order valence-electron chi connectivity index (χ4n) is 2.47. The van der Waals surface area contributed by atoms with Crippen LogP contribution < -0.4 is 0 Å². The Kier molecular flexibility index (Phi) is 3.97. The largest absolute Gasteiger partial charge is 0.333 e. The summed E-state index contributed by atoms with van der Waals surface area (Å²) in [5.41, 5.74) is 1.80. The summed E-state index contributed by atoms with van der Waals surface area (Å²) in [7, 11) is -2.83. The summed E-state index contributed by atoms with van der Waals surface area (Å²) < 4.78 is 23.2. The van der Waals surface area contributed by atoms with Crippen molar-refractivity contribution in [2.24, 2.45) is 5.92 Å². The van der Waals surface area contributed by atoms with E-state index in [-0.39, 0.29) is 5.92 Å². The molecule has 3 rings (SSSR count). The molecule has 0 amide bonds. The molecular weight excluding hydrogens is 316 g/mol. The first kappa shape index (κ1) is 14.2. The Balaban J connectivity index is 1.67. The normalized spacial score (nSPS) is 22.1. The van der Waals surface area contributed by atoms with Crippen LogP contribution in [0.3, 0.4) is 0 Å². The molecule has 1 saturated heterocycles. The van der Waals surface area contributed by atoms with Gasteiger partial charge in [-0.15, -0.1) is 0 Å². The van der Waals surface area contributed by atoms with Gasteiger partial charge in [-0.2, -0.15) is 0 Å². The van der Waals surface area contributed by atoms with E-state index in [0.29, 0.717) is 16.5 Å². The van der Waals surface area contributed by atoms with Gasteiger partial charge in [0.1, 0.15) is 0 Å². The first-order valence-corrected chi connectivity index (χ1v) is 9.69. The molecule has 20 heavy (non-hydrogen) atoms. The third-order valence-electron chi connectivity index (χ3n) is 3.44. The third-order valence-corrected chi connectivity index (χ3v) is 6.67. The maximum Gasteiger partial charge on any atom is 0.166 e. The van der Waals surface area contributed by atoms with Crippen LogP contribution in [0, 0.1) is 5.92 Å². The molecule has 4 nitrogen and oxygen atoms in total. The quantitative estimate of drug-likeness (QED) is 0.878. The van der Waals surface area contributed by atoms with E-state index in [1.807, 2.05) is 18.2 Å². The van der Waals surface area contributed by atoms with Crippen LogP contribution >= 0.6 is 23.4 Å². The van der Waals surface area contributed by atoms with Crippen LogP contribution in [-0.2, 0) is 9.84 Å². The van der Waals surface area contributed by atoms with Crippen molar-refractivity contribution in [2.75, 3.05) is 17.3 Å². The van der Waals surface area contributed by atoms with Gasteiger partial charge in [0.25, 0.3) is 0 Å². The maximum absolute atomic E-state index is 11.6. The van der Waals surface area contributed by atoms with Crippen molar-refractivity contribution in [1.82, 2.24) is 9.97 Å². The molecule has 1 N–H and O–H groups in total. The molecule has 1 atom stereocenters. The van der Waals surface area contributed by atoms with Gasteiger partial charge >= 0.3 is 0 Å². The Morgan fingerprint density at radius 1 is 1.45 bits per heavy atom. The van der Waals surface area contributed by atoms with Gasteiger partial charge < -0.3 is 4.98 Å². The number of H-pyrrole nitrogens is 1. The lowest BCUT2D eigenvalue weighted by Crippen LogP contribution is -2.26. The van der Waals surface area contributed by atoms with Crippen molar-refractivity contribution in [1.29, 1.82) is 0 Å². The number of aromatic amines is 1. The predicted octanol–water partition coefficient (Wildman–Crippen LogP) is 3.13. The summed E-state index contributed by atoms with van der Waals surface area (Å²) >= 11 is 7.52. The second-order valence-corrected chi connectivity index (χ2v) is 8.81. The Bertz CT molecular complexity index is 727. The van der Waals surface area contributed by atoms with Crippen LogP contribution in [0.4, 0.5) is 0 Å². The Morgan fingerprint density at radius 3 is 3.10 bits per heavy atom. The minimum Gasteiger partial charge on any atom is -0.333 e. The van der Waals surface area contributed by atoms with Crippen molar-refractivity contribution in [2.45, 2.75) is 18.0 Å². The van der Waals surface area contributed by atoms with Crippen molar-refractivity contribution in [3.05, 3.63) is 23.2 Å². The maximum atomic E-state index is 11.6. The molecule has 1 aliphatic rings. The van der Waals surface area contributed by atoms with E-state index in [2.05, 4.69) is 9.97 Å².